The summed E-state index contributed by atoms with van der Waals surface area (Å²) in [7, 11) is 3.98. The predicted molar refractivity (Wildman–Crippen MR) is 83.7 cm³/mol. The Kier molecular flexibility index (Phi) is 8.63. The average molecular weight is 268 g/mol. The highest BCUT2D eigenvalue weighted by Gasteiger charge is 2.13. The van der Waals surface area contributed by atoms with E-state index in [0.29, 0.717) is 0 Å². The van der Waals surface area contributed by atoms with E-state index in [-0.39, 0.29) is 0 Å². The monoisotopic (exact) mass is 268 g/mol. The van der Waals surface area contributed by atoms with Gasteiger partial charge in [-0.15, -0.1) is 0 Å². The minimum Gasteiger partial charge on any atom is -0.356 e. The van der Waals surface area contributed by atoms with Gasteiger partial charge in [-0.1, -0.05) is 32.6 Å². The van der Waals surface area contributed by atoms with Crippen LogP contribution in [-0.4, -0.2) is 51.1 Å². The van der Waals surface area contributed by atoms with Crippen molar-refractivity contribution in [2.24, 2.45) is 10.9 Å². The number of aliphatic imine (C=N–C) groups is 1. The molecule has 0 radical (unpaired) electrons. The lowest BCUT2D eigenvalue weighted by Crippen LogP contribution is -2.41. The zero-order valence-corrected chi connectivity index (χ0v) is 13.0. The second-order valence-electron chi connectivity index (χ2n) is 5.61. The maximum Gasteiger partial charge on any atom is 0.191 e. The van der Waals surface area contributed by atoms with Crippen LogP contribution in [0.3, 0.4) is 0 Å². The molecular weight excluding hydrogens is 236 g/mol. The first-order valence-corrected chi connectivity index (χ1v) is 7.89. The molecule has 1 saturated carbocycles. The molecule has 2 N–H and O–H groups in total. The van der Waals surface area contributed by atoms with E-state index < -0.39 is 0 Å². The van der Waals surface area contributed by atoms with Crippen LogP contribution in [0.5, 0.6) is 0 Å². The molecule has 0 spiro atoms. The van der Waals surface area contributed by atoms with E-state index in [1.165, 1.54) is 38.5 Å². The predicted octanol–water partition coefficient (Wildman–Crippen LogP) is 2.07. The van der Waals surface area contributed by atoms with Gasteiger partial charge in [-0.25, -0.2) is 0 Å². The molecule has 0 amide bonds. The first-order valence-electron chi connectivity index (χ1n) is 7.89. The normalized spacial score (nSPS) is 17.2. The molecule has 1 fully saturated rings. The maximum atomic E-state index is 4.26. The Balaban J connectivity index is 2.01. The van der Waals surface area contributed by atoms with Gasteiger partial charge in [-0.2, -0.15) is 0 Å². The maximum absolute atomic E-state index is 4.26. The summed E-state index contributed by atoms with van der Waals surface area (Å²) in [5, 5.41) is 6.77. The van der Waals surface area contributed by atoms with Gasteiger partial charge in [0.2, 0.25) is 0 Å². The van der Waals surface area contributed by atoms with E-state index >= 15 is 0 Å². The van der Waals surface area contributed by atoms with Gasteiger partial charge in [0.15, 0.2) is 5.96 Å². The lowest BCUT2D eigenvalue weighted by atomic mass is 10.0. The molecule has 0 atom stereocenters. The topological polar surface area (TPSA) is 39.7 Å². The van der Waals surface area contributed by atoms with Gasteiger partial charge in [-0.05, 0) is 32.4 Å². The van der Waals surface area contributed by atoms with Gasteiger partial charge in [0.25, 0.3) is 0 Å². The Bertz CT molecular complexity index is 247. The van der Waals surface area contributed by atoms with Crippen molar-refractivity contribution in [3.05, 3.63) is 0 Å². The van der Waals surface area contributed by atoms with Crippen molar-refractivity contribution < 1.29 is 0 Å². The molecular formula is C15H32N4. The zero-order chi connectivity index (χ0) is 13.9. The molecule has 0 aromatic heterocycles. The number of hydrogen-bond acceptors (Lipinski definition) is 2. The molecule has 4 nitrogen and oxygen atoms in total. The molecule has 0 aliphatic heterocycles. The van der Waals surface area contributed by atoms with Gasteiger partial charge >= 0.3 is 0 Å². The SMILES string of the molecule is CCN(C)CCNC(=NC)NCCCC1CCCC1. The van der Waals surface area contributed by atoms with Crippen LogP contribution in [0.1, 0.15) is 45.4 Å². The summed E-state index contributed by atoms with van der Waals surface area (Å²) in [6, 6.07) is 0. The molecule has 1 aliphatic carbocycles. The molecule has 0 heterocycles. The Morgan fingerprint density at radius 1 is 1.21 bits per heavy atom. The average Bonchev–Trinajstić information content (AvgIpc) is 2.94. The van der Waals surface area contributed by atoms with E-state index in [1.807, 2.05) is 7.05 Å². The molecule has 1 rings (SSSR count). The third kappa shape index (κ3) is 7.41. The molecule has 1 aliphatic rings. The first kappa shape index (κ1) is 16.3. The van der Waals surface area contributed by atoms with Crippen LogP contribution < -0.4 is 10.6 Å². The van der Waals surface area contributed by atoms with E-state index in [2.05, 4.69) is 34.5 Å². The summed E-state index contributed by atoms with van der Waals surface area (Å²) < 4.78 is 0. The molecule has 0 unspecified atom stereocenters. The second-order valence-corrected chi connectivity index (χ2v) is 5.61. The Hall–Kier alpha value is -0.770. The first-order chi connectivity index (χ1) is 9.26. The van der Waals surface area contributed by atoms with Crippen molar-refractivity contribution in [1.82, 2.24) is 15.5 Å². The summed E-state index contributed by atoms with van der Waals surface area (Å²) in [4.78, 5) is 6.55. The van der Waals surface area contributed by atoms with Gasteiger partial charge in [0.05, 0.1) is 0 Å². The van der Waals surface area contributed by atoms with E-state index in [4.69, 9.17) is 0 Å². The minimum absolute atomic E-state index is 0.941. The van der Waals surface area contributed by atoms with Crippen molar-refractivity contribution in [3.63, 3.8) is 0 Å². The third-order valence-electron chi connectivity index (χ3n) is 4.11. The Labute approximate surface area is 119 Å². The van der Waals surface area contributed by atoms with E-state index in [1.54, 1.807) is 0 Å². The molecule has 0 aromatic carbocycles. The van der Waals surface area contributed by atoms with E-state index in [9.17, 15) is 0 Å². The lowest BCUT2D eigenvalue weighted by molar-refractivity contribution is 0.357. The zero-order valence-electron chi connectivity index (χ0n) is 13.0. The number of hydrogen-bond donors (Lipinski definition) is 2. The van der Waals surface area contributed by atoms with Crippen LogP contribution in [0.4, 0.5) is 0 Å². The molecule has 112 valence electrons. The van der Waals surface area contributed by atoms with Gasteiger partial charge in [0, 0.05) is 26.7 Å². The van der Waals surface area contributed by atoms with Gasteiger partial charge in [-0.3, -0.25) is 4.99 Å². The minimum atomic E-state index is 0.941. The van der Waals surface area contributed by atoms with Gasteiger partial charge in [0.1, 0.15) is 0 Å². The fourth-order valence-electron chi connectivity index (χ4n) is 2.64. The molecule has 0 saturated heterocycles. The summed E-state index contributed by atoms with van der Waals surface area (Å²) in [5.74, 6) is 1.94. The fourth-order valence-corrected chi connectivity index (χ4v) is 2.64. The largest absolute Gasteiger partial charge is 0.356 e. The number of nitrogens with one attached hydrogen (secondary N) is 2. The highest BCUT2D eigenvalue weighted by atomic mass is 15.2. The van der Waals surface area contributed by atoms with Crippen LogP contribution in [0.2, 0.25) is 0 Å². The Morgan fingerprint density at radius 3 is 2.53 bits per heavy atom. The van der Waals surface area contributed by atoms with Crippen molar-refractivity contribution in [3.8, 4) is 0 Å². The van der Waals surface area contributed by atoms with Crippen LogP contribution in [0, 0.1) is 5.92 Å². The highest BCUT2D eigenvalue weighted by molar-refractivity contribution is 5.79. The van der Waals surface area contributed by atoms with E-state index in [0.717, 1.165) is 38.1 Å². The van der Waals surface area contributed by atoms with Crippen LogP contribution in [-0.2, 0) is 0 Å². The quantitative estimate of drug-likeness (QED) is 0.402. The molecule has 19 heavy (non-hydrogen) atoms. The highest BCUT2D eigenvalue weighted by Crippen LogP contribution is 2.28. The number of nitrogens with zero attached hydrogens (tertiary/aromatic N) is 2. The third-order valence-corrected chi connectivity index (χ3v) is 4.11. The number of guanidine groups is 1. The van der Waals surface area contributed by atoms with Crippen molar-refractivity contribution in [2.45, 2.75) is 45.4 Å². The fraction of sp³-hybridized carbons (Fsp3) is 0.933. The van der Waals surface area contributed by atoms with Crippen molar-refractivity contribution >= 4 is 5.96 Å². The summed E-state index contributed by atoms with van der Waals surface area (Å²) >= 11 is 0. The van der Waals surface area contributed by atoms with Crippen LogP contribution in [0.25, 0.3) is 0 Å². The molecule has 0 aromatic rings. The van der Waals surface area contributed by atoms with Crippen molar-refractivity contribution in [1.29, 1.82) is 0 Å². The van der Waals surface area contributed by atoms with Gasteiger partial charge < -0.3 is 15.5 Å². The Morgan fingerprint density at radius 2 is 1.89 bits per heavy atom. The number of rotatable bonds is 8. The van der Waals surface area contributed by atoms with Crippen LogP contribution in [0.15, 0.2) is 4.99 Å². The van der Waals surface area contributed by atoms with Crippen molar-refractivity contribution in [2.75, 3.05) is 40.3 Å². The second kappa shape index (κ2) is 10.1. The lowest BCUT2D eigenvalue weighted by Gasteiger charge is -2.16. The molecule has 4 heteroatoms. The molecule has 0 bridgehead atoms. The smallest absolute Gasteiger partial charge is 0.191 e. The summed E-state index contributed by atoms with van der Waals surface area (Å²) in [6.07, 6.45) is 8.45. The summed E-state index contributed by atoms with van der Waals surface area (Å²) in [6.45, 7) is 6.32. The van der Waals surface area contributed by atoms with Crippen LogP contribution >= 0.6 is 0 Å². The summed E-state index contributed by atoms with van der Waals surface area (Å²) in [5.41, 5.74) is 0. The standard InChI is InChI=1S/C15H32N4/c1-4-19(3)13-12-18-15(16-2)17-11-7-10-14-8-5-6-9-14/h14H,4-13H2,1-3H3,(H2,16,17,18). The number of likely N-dealkylation sites (N-methyl/N-ethyl adjacent to an activating group) is 1.